The number of hydrogen-bond acceptors (Lipinski definition) is 3. The minimum absolute atomic E-state index is 0.153. The average molecular weight is 357 g/mol. The van der Waals surface area contributed by atoms with Crippen molar-refractivity contribution in [2.75, 3.05) is 5.32 Å². The minimum Gasteiger partial charge on any atom is -0.381 e. The molecular formula is C14H11BrF2N2O2. The minimum atomic E-state index is -0.681. The molecule has 0 saturated carbocycles. The quantitative estimate of drug-likeness (QED) is 0.645. The van der Waals surface area contributed by atoms with E-state index in [1.807, 2.05) is 0 Å². The van der Waals surface area contributed by atoms with E-state index in [1.54, 1.807) is 13.0 Å². The molecule has 21 heavy (non-hydrogen) atoms. The van der Waals surface area contributed by atoms with E-state index in [4.69, 9.17) is 0 Å². The van der Waals surface area contributed by atoms with Gasteiger partial charge in [0.15, 0.2) is 0 Å². The molecule has 0 saturated heterocycles. The van der Waals surface area contributed by atoms with Gasteiger partial charge < -0.3 is 5.32 Å². The zero-order valence-electron chi connectivity index (χ0n) is 11.0. The maximum absolute atomic E-state index is 13.5. The summed E-state index contributed by atoms with van der Waals surface area (Å²) in [6.45, 7) is 1.95. The molecule has 0 fully saturated rings. The van der Waals surface area contributed by atoms with Gasteiger partial charge in [-0.2, -0.15) is 0 Å². The van der Waals surface area contributed by atoms with Crippen molar-refractivity contribution < 1.29 is 13.7 Å². The molecule has 0 unspecified atom stereocenters. The summed E-state index contributed by atoms with van der Waals surface area (Å²) in [5, 5.41) is 13.6. The summed E-state index contributed by atoms with van der Waals surface area (Å²) in [6.07, 6.45) is 0. The van der Waals surface area contributed by atoms with Crippen LogP contribution < -0.4 is 5.32 Å². The van der Waals surface area contributed by atoms with Crippen molar-refractivity contribution >= 4 is 27.3 Å². The summed E-state index contributed by atoms with van der Waals surface area (Å²) in [5.74, 6) is -1.10. The Morgan fingerprint density at radius 1 is 1.24 bits per heavy atom. The molecule has 0 aliphatic heterocycles. The van der Waals surface area contributed by atoms with Crippen LogP contribution in [0.2, 0.25) is 0 Å². The summed E-state index contributed by atoms with van der Waals surface area (Å²) in [6, 6.07) is 6.26. The molecular weight excluding hydrogens is 346 g/mol. The van der Waals surface area contributed by atoms with Gasteiger partial charge in [0.05, 0.1) is 15.5 Å². The van der Waals surface area contributed by atoms with E-state index in [2.05, 4.69) is 21.2 Å². The first-order valence-electron chi connectivity index (χ1n) is 6.00. The van der Waals surface area contributed by atoms with Crippen molar-refractivity contribution in [1.29, 1.82) is 0 Å². The highest BCUT2D eigenvalue weighted by Crippen LogP contribution is 2.25. The van der Waals surface area contributed by atoms with Gasteiger partial charge in [0, 0.05) is 18.3 Å². The van der Waals surface area contributed by atoms with E-state index in [1.165, 1.54) is 18.2 Å². The van der Waals surface area contributed by atoms with Crippen LogP contribution in [0.4, 0.5) is 20.2 Å². The Labute approximate surface area is 128 Å². The molecule has 0 aromatic heterocycles. The second kappa shape index (κ2) is 6.17. The molecule has 1 N–H and O–H groups in total. The number of non-ortho nitro benzene ring substituents is 1. The highest BCUT2D eigenvalue weighted by Gasteiger charge is 2.10. The molecule has 0 heterocycles. The smallest absolute Gasteiger partial charge is 0.272 e. The third-order valence-electron chi connectivity index (χ3n) is 2.90. The number of nitro benzene ring substituents is 1. The molecule has 0 spiro atoms. The van der Waals surface area contributed by atoms with Crippen LogP contribution in [0, 0.1) is 28.7 Å². The molecule has 110 valence electrons. The second-order valence-corrected chi connectivity index (χ2v) is 5.36. The fourth-order valence-corrected chi connectivity index (χ4v) is 2.33. The second-order valence-electron chi connectivity index (χ2n) is 4.51. The van der Waals surface area contributed by atoms with Crippen molar-refractivity contribution in [2.24, 2.45) is 0 Å². The van der Waals surface area contributed by atoms with Gasteiger partial charge in [0.25, 0.3) is 5.69 Å². The van der Waals surface area contributed by atoms with Gasteiger partial charge in [0.1, 0.15) is 11.6 Å². The summed E-state index contributed by atoms with van der Waals surface area (Å²) >= 11 is 3.08. The molecule has 0 atom stereocenters. The Hall–Kier alpha value is -2.02. The summed E-state index contributed by atoms with van der Waals surface area (Å²) in [4.78, 5) is 10.0. The van der Waals surface area contributed by atoms with E-state index < -0.39 is 16.6 Å². The standard InChI is InChI=1S/C14H11BrF2N2O2/c1-8-2-12(15)13(17)6-14(8)18-7-9-3-10(16)5-11(4-9)19(20)21/h2-6,18H,7H2,1H3. The van der Waals surface area contributed by atoms with Gasteiger partial charge in [-0.3, -0.25) is 10.1 Å². The Morgan fingerprint density at radius 3 is 2.62 bits per heavy atom. The average Bonchev–Trinajstić information content (AvgIpc) is 2.40. The van der Waals surface area contributed by atoms with Gasteiger partial charge >= 0.3 is 0 Å². The van der Waals surface area contributed by atoms with Gasteiger partial charge in [-0.25, -0.2) is 8.78 Å². The number of nitrogens with zero attached hydrogens (tertiary/aromatic N) is 1. The van der Waals surface area contributed by atoms with Crippen LogP contribution in [0.3, 0.4) is 0 Å². The lowest BCUT2D eigenvalue weighted by Gasteiger charge is -2.11. The van der Waals surface area contributed by atoms with Crippen LogP contribution in [-0.2, 0) is 6.54 Å². The molecule has 0 amide bonds. The highest BCUT2D eigenvalue weighted by atomic mass is 79.9. The van der Waals surface area contributed by atoms with E-state index in [0.29, 0.717) is 15.7 Å². The van der Waals surface area contributed by atoms with Crippen LogP contribution >= 0.6 is 15.9 Å². The van der Waals surface area contributed by atoms with E-state index in [-0.39, 0.29) is 12.2 Å². The number of halogens is 3. The number of anilines is 1. The van der Waals surface area contributed by atoms with Crippen LogP contribution in [0.15, 0.2) is 34.8 Å². The first kappa shape index (κ1) is 15.4. The molecule has 7 heteroatoms. The lowest BCUT2D eigenvalue weighted by atomic mass is 10.1. The number of nitrogens with one attached hydrogen (secondary N) is 1. The van der Waals surface area contributed by atoms with Gasteiger partial charge in [-0.1, -0.05) is 0 Å². The van der Waals surface area contributed by atoms with Crippen LogP contribution in [0.1, 0.15) is 11.1 Å². The Kier molecular flexibility index (Phi) is 4.52. The zero-order chi connectivity index (χ0) is 15.6. The SMILES string of the molecule is Cc1cc(Br)c(F)cc1NCc1cc(F)cc([N+](=O)[O-])c1. The third kappa shape index (κ3) is 3.75. The first-order valence-corrected chi connectivity index (χ1v) is 6.79. The van der Waals surface area contributed by atoms with Gasteiger partial charge in [-0.15, -0.1) is 0 Å². The molecule has 4 nitrogen and oxygen atoms in total. The van der Waals surface area contributed by atoms with Crippen molar-refractivity contribution in [2.45, 2.75) is 13.5 Å². The molecule has 0 bridgehead atoms. The lowest BCUT2D eigenvalue weighted by Crippen LogP contribution is -2.03. The Balaban J connectivity index is 2.20. The monoisotopic (exact) mass is 356 g/mol. The van der Waals surface area contributed by atoms with Crippen molar-refractivity contribution in [3.05, 3.63) is 67.7 Å². The van der Waals surface area contributed by atoms with Crippen molar-refractivity contribution in [3.63, 3.8) is 0 Å². The number of aryl methyl sites for hydroxylation is 1. The van der Waals surface area contributed by atoms with Crippen LogP contribution in [0.25, 0.3) is 0 Å². The summed E-state index contributed by atoms with van der Waals surface area (Å²) in [5.41, 5.74) is 1.44. The fraction of sp³-hybridized carbons (Fsp3) is 0.143. The van der Waals surface area contributed by atoms with Crippen molar-refractivity contribution in [1.82, 2.24) is 0 Å². The largest absolute Gasteiger partial charge is 0.381 e. The summed E-state index contributed by atoms with van der Waals surface area (Å²) in [7, 11) is 0. The van der Waals surface area contributed by atoms with Crippen LogP contribution in [0.5, 0.6) is 0 Å². The number of rotatable bonds is 4. The first-order chi connectivity index (χ1) is 9.86. The zero-order valence-corrected chi connectivity index (χ0v) is 12.6. The normalized spacial score (nSPS) is 10.5. The van der Waals surface area contributed by atoms with Gasteiger partial charge in [0.2, 0.25) is 0 Å². The fourth-order valence-electron chi connectivity index (χ4n) is 1.87. The molecule has 0 aliphatic carbocycles. The highest BCUT2D eigenvalue weighted by molar-refractivity contribution is 9.10. The topological polar surface area (TPSA) is 55.2 Å². The molecule has 0 radical (unpaired) electrons. The maximum atomic E-state index is 13.5. The molecule has 0 aliphatic rings. The number of nitro groups is 1. The molecule has 2 rings (SSSR count). The number of benzene rings is 2. The van der Waals surface area contributed by atoms with E-state index in [9.17, 15) is 18.9 Å². The third-order valence-corrected chi connectivity index (χ3v) is 3.51. The molecule has 2 aromatic carbocycles. The lowest BCUT2D eigenvalue weighted by molar-refractivity contribution is -0.385. The Bertz CT molecular complexity index is 708. The maximum Gasteiger partial charge on any atom is 0.272 e. The summed E-state index contributed by atoms with van der Waals surface area (Å²) < 4.78 is 27.1. The van der Waals surface area contributed by atoms with Gasteiger partial charge in [-0.05, 0) is 52.2 Å². The van der Waals surface area contributed by atoms with E-state index >= 15 is 0 Å². The Morgan fingerprint density at radius 2 is 1.95 bits per heavy atom. The van der Waals surface area contributed by atoms with E-state index in [0.717, 1.165) is 11.6 Å². The predicted octanol–water partition coefficient (Wildman–Crippen LogP) is 4.56. The molecule has 2 aromatic rings. The number of hydrogen-bond donors (Lipinski definition) is 1. The van der Waals surface area contributed by atoms with Crippen molar-refractivity contribution in [3.8, 4) is 0 Å². The van der Waals surface area contributed by atoms with Crippen LogP contribution in [-0.4, -0.2) is 4.92 Å². The predicted molar refractivity (Wildman–Crippen MR) is 79.2 cm³/mol.